The van der Waals surface area contributed by atoms with Gasteiger partial charge in [-0.05, 0) is 43.3 Å². The van der Waals surface area contributed by atoms with Crippen LogP contribution in [0.1, 0.15) is 6.92 Å². The van der Waals surface area contributed by atoms with Crippen molar-refractivity contribution in [3.63, 3.8) is 0 Å². The lowest BCUT2D eigenvalue weighted by atomic mass is 10.1. The number of amides is 1. The summed E-state index contributed by atoms with van der Waals surface area (Å²) < 4.78 is 18.5. The van der Waals surface area contributed by atoms with Crippen LogP contribution < -0.4 is 20.7 Å². The van der Waals surface area contributed by atoms with E-state index in [-0.39, 0.29) is 11.7 Å². The van der Waals surface area contributed by atoms with Crippen LogP contribution in [0.2, 0.25) is 0 Å². The number of nitrogens with zero attached hydrogens (tertiary/aromatic N) is 1. The Kier molecular flexibility index (Phi) is 4.06. The van der Waals surface area contributed by atoms with Crippen LogP contribution in [-0.4, -0.2) is 25.1 Å². The molecule has 120 valence electrons. The lowest BCUT2D eigenvalue weighted by molar-refractivity contribution is -0.117. The average Bonchev–Trinajstić information content (AvgIpc) is 2.55. The molecule has 6 heteroatoms. The van der Waals surface area contributed by atoms with E-state index in [1.165, 1.54) is 24.3 Å². The standard InChI is InChI=1S/C17H18FN3O2/c1-11(17(22)20-14-5-2-12(18)3-6-14)21-8-9-23-16-10-13(19)4-7-15(16)21/h2-7,10-11H,8-9,19H2,1H3,(H,20,22). The fourth-order valence-corrected chi connectivity index (χ4v) is 2.58. The molecule has 3 N–H and O–H groups in total. The van der Waals surface area contributed by atoms with E-state index in [0.29, 0.717) is 30.3 Å². The van der Waals surface area contributed by atoms with Crippen LogP contribution in [0.25, 0.3) is 0 Å². The number of halogens is 1. The first-order chi connectivity index (χ1) is 11.0. The largest absolute Gasteiger partial charge is 0.489 e. The highest BCUT2D eigenvalue weighted by atomic mass is 19.1. The normalized spacial score (nSPS) is 14.6. The molecule has 1 aliphatic rings. The van der Waals surface area contributed by atoms with Crippen molar-refractivity contribution in [3.8, 4) is 5.75 Å². The number of carbonyl (C=O) groups excluding carboxylic acids is 1. The van der Waals surface area contributed by atoms with Crippen molar-refractivity contribution in [2.24, 2.45) is 0 Å². The molecule has 1 atom stereocenters. The highest BCUT2D eigenvalue weighted by molar-refractivity contribution is 5.97. The van der Waals surface area contributed by atoms with E-state index in [1.807, 2.05) is 17.9 Å². The third-order valence-electron chi connectivity index (χ3n) is 3.84. The molecule has 2 aromatic rings. The minimum absolute atomic E-state index is 0.165. The minimum atomic E-state index is -0.397. The molecule has 1 heterocycles. The number of hydrogen-bond donors (Lipinski definition) is 2. The summed E-state index contributed by atoms with van der Waals surface area (Å²) in [6.45, 7) is 2.92. The van der Waals surface area contributed by atoms with Crippen LogP contribution in [0.5, 0.6) is 5.75 Å². The van der Waals surface area contributed by atoms with Crippen molar-refractivity contribution < 1.29 is 13.9 Å². The molecule has 0 saturated carbocycles. The smallest absolute Gasteiger partial charge is 0.246 e. The number of ether oxygens (including phenoxy) is 1. The number of nitrogen functional groups attached to an aromatic ring is 1. The molecular formula is C17H18FN3O2. The Hall–Kier alpha value is -2.76. The predicted octanol–water partition coefficient (Wildman–Crippen LogP) is 2.63. The van der Waals surface area contributed by atoms with Crippen LogP contribution >= 0.6 is 0 Å². The van der Waals surface area contributed by atoms with Gasteiger partial charge in [0.2, 0.25) is 5.91 Å². The third kappa shape index (κ3) is 3.21. The summed E-state index contributed by atoms with van der Waals surface area (Å²) in [6.07, 6.45) is 0. The number of rotatable bonds is 3. The second-order valence-electron chi connectivity index (χ2n) is 5.44. The first kappa shape index (κ1) is 15.1. The van der Waals surface area contributed by atoms with Crippen LogP contribution in [0.15, 0.2) is 42.5 Å². The molecule has 1 aliphatic heterocycles. The van der Waals surface area contributed by atoms with Crippen molar-refractivity contribution in [1.29, 1.82) is 0 Å². The first-order valence-corrected chi connectivity index (χ1v) is 7.40. The van der Waals surface area contributed by atoms with Crippen LogP contribution in [-0.2, 0) is 4.79 Å². The van der Waals surface area contributed by atoms with Gasteiger partial charge in [-0.15, -0.1) is 0 Å². The Balaban J connectivity index is 1.77. The molecule has 0 fully saturated rings. The zero-order valence-electron chi connectivity index (χ0n) is 12.8. The highest BCUT2D eigenvalue weighted by Crippen LogP contribution is 2.34. The molecule has 0 aliphatic carbocycles. The van der Waals surface area contributed by atoms with Gasteiger partial charge in [0, 0.05) is 17.4 Å². The number of anilines is 3. The summed E-state index contributed by atoms with van der Waals surface area (Å²) >= 11 is 0. The predicted molar refractivity (Wildman–Crippen MR) is 88.2 cm³/mol. The molecular weight excluding hydrogens is 297 g/mol. The average molecular weight is 315 g/mol. The van der Waals surface area contributed by atoms with E-state index in [9.17, 15) is 9.18 Å². The Morgan fingerprint density at radius 3 is 2.78 bits per heavy atom. The Bertz CT molecular complexity index is 718. The maximum absolute atomic E-state index is 12.9. The fraction of sp³-hybridized carbons (Fsp3) is 0.235. The number of nitrogens with one attached hydrogen (secondary N) is 1. The molecule has 0 saturated heterocycles. The summed E-state index contributed by atoms with van der Waals surface area (Å²) in [4.78, 5) is 14.4. The Morgan fingerprint density at radius 1 is 1.30 bits per heavy atom. The minimum Gasteiger partial charge on any atom is -0.489 e. The van der Waals surface area contributed by atoms with E-state index >= 15 is 0 Å². The van der Waals surface area contributed by atoms with E-state index in [4.69, 9.17) is 10.5 Å². The van der Waals surface area contributed by atoms with E-state index in [0.717, 1.165) is 5.69 Å². The summed E-state index contributed by atoms with van der Waals surface area (Å²) in [5.41, 5.74) is 7.79. The van der Waals surface area contributed by atoms with Gasteiger partial charge in [0.05, 0.1) is 12.2 Å². The van der Waals surface area contributed by atoms with Gasteiger partial charge in [-0.25, -0.2) is 4.39 Å². The second kappa shape index (κ2) is 6.16. The van der Waals surface area contributed by atoms with Gasteiger partial charge < -0.3 is 20.7 Å². The van der Waals surface area contributed by atoms with Gasteiger partial charge >= 0.3 is 0 Å². The number of benzene rings is 2. The van der Waals surface area contributed by atoms with Crippen LogP contribution in [0, 0.1) is 5.82 Å². The molecule has 0 aromatic heterocycles. The van der Waals surface area contributed by atoms with Gasteiger partial charge in [0.15, 0.2) is 0 Å². The quantitative estimate of drug-likeness (QED) is 0.855. The zero-order chi connectivity index (χ0) is 16.4. The lowest BCUT2D eigenvalue weighted by Crippen LogP contribution is -2.46. The first-order valence-electron chi connectivity index (χ1n) is 7.40. The molecule has 2 aromatic carbocycles. The van der Waals surface area contributed by atoms with Gasteiger partial charge in [-0.1, -0.05) is 0 Å². The van der Waals surface area contributed by atoms with Crippen LogP contribution in [0.4, 0.5) is 21.5 Å². The van der Waals surface area contributed by atoms with Crippen molar-refractivity contribution in [3.05, 3.63) is 48.3 Å². The molecule has 0 spiro atoms. The maximum atomic E-state index is 12.9. The molecule has 3 rings (SSSR count). The molecule has 5 nitrogen and oxygen atoms in total. The number of hydrogen-bond acceptors (Lipinski definition) is 4. The van der Waals surface area contributed by atoms with E-state index in [1.54, 1.807) is 12.1 Å². The molecule has 1 unspecified atom stereocenters. The molecule has 1 amide bonds. The third-order valence-corrected chi connectivity index (χ3v) is 3.84. The maximum Gasteiger partial charge on any atom is 0.246 e. The van der Waals surface area contributed by atoms with E-state index in [2.05, 4.69) is 5.32 Å². The number of fused-ring (bicyclic) bond motifs is 1. The topological polar surface area (TPSA) is 67.6 Å². The van der Waals surface area contributed by atoms with Crippen molar-refractivity contribution in [2.75, 3.05) is 29.1 Å². The highest BCUT2D eigenvalue weighted by Gasteiger charge is 2.27. The summed E-state index contributed by atoms with van der Waals surface area (Å²) in [7, 11) is 0. The van der Waals surface area contributed by atoms with Gasteiger partial charge in [0.1, 0.15) is 24.2 Å². The molecule has 0 bridgehead atoms. The fourth-order valence-electron chi connectivity index (χ4n) is 2.58. The van der Waals surface area contributed by atoms with Crippen LogP contribution in [0.3, 0.4) is 0 Å². The van der Waals surface area contributed by atoms with E-state index < -0.39 is 6.04 Å². The summed E-state index contributed by atoms with van der Waals surface area (Å²) in [5.74, 6) is 0.176. The molecule has 0 radical (unpaired) electrons. The second-order valence-corrected chi connectivity index (χ2v) is 5.44. The number of carbonyl (C=O) groups is 1. The summed E-state index contributed by atoms with van der Waals surface area (Å²) in [5, 5.41) is 2.80. The zero-order valence-corrected chi connectivity index (χ0v) is 12.8. The SMILES string of the molecule is CC(C(=O)Nc1ccc(F)cc1)N1CCOc2cc(N)ccc21. The van der Waals surface area contributed by atoms with Gasteiger partial charge in [0.25, 0.3) is 0 Å². The molecule has 23 heavy (non-hydrogen) atoms. The van der Waals surface area contributed by atoms with Gasteiger partial charge in [-0.3, -0.25) is 4.79 Å². The lowest BCUT2D eigenvalue weighted by Gasteiger charge is -2.35. The Labute approximate surface area is 133 Å². The Morgan fingerprint density at radius 2 is 2.04 bits per heavy atom. The van der Waals surface area contributed by atoms with Crippen molar-refractivity contribution in [2.45, 2.75) is 13.0 Å². The summed E-state index contributed by atoms with van der Waals surface area (Å²) in [6, 6.07) is 10.7. The number of nitrogens with two attached hydrogens (primary N) is 1. The van der Waals surface area contributed by atoms with Crippen molar-refractivity contribution in [1.82, 2.24) is 0 Å². The van der Waals surface area contributed by atoms with Gasteiger partial charge in [-0.2, -0.15) is 0 Å². The van der Waals surface area contributed by atoms with Crippen molar-refractivity contribution >= 4 is 23.0 Å². The monoisotopic (exact) mass is 315 g/mol.